The fraction of sp³-hybridized carbons (Fsp3) is 0.368. The fourth-order valence-corrected chi connectivity index (χ4v) is 3.07. The molecule has 0 heterocycles. The van der Waals surface area contributed by atoms with Crippen LogP contribution < -0.4 is 5.32 Å². The highest BCUT2D eigenvalue weighted by Gasteiger charge is 2.20. The predicted molar refractivity (Wildman–Crippen MR) is 101 cm³/mol. The largest absolute Gasteiger partial charge is 0.311 e. The third kappa shape index (κ3) is 5.69. The van der Waals surface area contributed by atoms with Crippen LogP contribution in [0.15, 0.2) is 53.1 Å². The van der Waals surface area contributed by atoms with Crippen molar-refractivity contribution < 1.29 is 4.79 Å². The molecule has 0 radical (unpaired) electrons. The van der Waals surface area contributed by atoms with Crippen molar-refractivity contribution >= 4 is 34.5 Å². The summed E-state index contributed by atoms with van der Waals surface area (Å²) in [5.41, 5.74) is 1.81. The smallest absolute Gasteiger partial charge is 0.165 e. The Labute approximate surface area is 148 Å². The number of rotatable bonds is 7. The van der Waals surface area contributed by atoms with E-state index in [1.165, 1.54) is 5.56 Å². The summed E-state index contributed by atoms with van der Waals surface area (Å²) < 4.78 is 0. The fourth-order valence-electron chi connectivity index (χ4n) is 2.63. The highest BCUT2D eigenvalue weighted by molar-refractivity contribution is 7.81. The van der Waals surface area contributed by atoms with Crippen LogP contribution in [0.5, 0.6) is 0 Å². The summed E-state index contributed by atoms with van der Waals surface area (Å²) in [5, 5.41) is 4.06. The number of allylic oxidation sites excluding steroid dienone is 4. The number of hydrogen-bond donors (Lipinski definition) is 1. The average molecular weight is 348 g/mol. The Bertz CT molecular complexity index is 647. The number of benzene rings is 1. The van der Waals surface area contributed by atoms with Gasteiger partial charge in [0, 0.05) is 40.4 Å². The van der Waals surface area contributed by atoms with Gasteiger partial charge in [0.25, 0.3) is 0 Å². The summed E-state index contributed by atoms with van der Waals surface area (Å²) in [6.07, 6.45) is 5.44. The minimum atomic E-state index is -0.0688. The van der Waals surface area contributed by atoms with Crippen LogP contribution in [0, 0.1) is 0 Å². The zero-order valence-corrected chi connectivity index (χ0v) is 15.1. The van der Waals surface area contributed by atoms with Crippen LogP contribution in [0.2, 0.25) is 0 Å². The third-order valence-electron chi connectivity index (χ3n) is 3.81. The van der Waals surface area contributed by atoms with Gasteiger partial charge in [0.2, 0.25) is 0 Å². The first-order chi connectivity index (χ1) is 10.9. The van der Waals surface area contributed by atoms with Gasteiger partial charge >= 0.3 is 0 Å². The van der Waals surface area contributed by atoms with Crippen LogP contribution in [0.1, 0.15) is 32.3 Å². The molecule has 1 aliphatic carbocycles. The van der Waals surface area contributed by atoms with Crippen molar-refractivity contribution in [2.45, 2.75) is 38.6 Å². The molecular weight excluding hydrogens is 326 g/mol. The summed E-state index contributed by atoms with van der Waals surface area (Å²) >= 11 is 11.2. The number of carbonyl (C=O) groups is 1. The van der Waals surface area contributed by atoms with Crippen molar-refractivity contribution in [2.75, 3.05) is 6.54 Å². The van der Waals surface area contributed by atoms with Gasteiger partial charge in [-0.25, -0.2) is 0 Å². The van der Waals surface area contributed by atoms with E-state index in [0.29, 0.717) is 34.9 Å². The lowest BCUT2D eigenvalue weighted by molar-refractivity contribution is -0.115. The Balaban J connectivity index is 1.85. The molecular formula is C19H22ClNOS. The van der Waals surface area contributed by atoms with E-state index in [-0.39, 0.29) is 11.3 Å². The molecule has 0 aliphatic heterocycles. The van der Waals surface area contributed by atoms with Crippen LogP contribution in [-0.4, -0.2) is 22.7 Å². The number of carbonyl (C=O) groups excluding carboxylic acids is 1. The Morgan fingerprint density at radius 3 is 2.70 bits per heavy atom. The molecule has 1 aliphatic rings. The topological polar surface area (TPSA) is 29.1 Å². The summed E-state index contributed by atoms with van der Waals surface area (Å²) in [4.78, 5) is 13.0. The summed E-state index contributed by atoms with van der Waals surface area (Å²) in [5.74, 6) is 0.0595. The molecule has 2 rings (SSSR count). The molecule has 0 amide bonds. The number of halogens is 1. The quantitative estimate of drug-likeness (QED) is 0.742. The van der Waals surface area contributed by atoms with Crippen molar-refractivity contribution in [2.24, 2.45) is 0 Å². The van der Waals surface area contributed by atoms with Crippen molar-refractivity contribution in [1.82, 2.24) is 5.32 Å². The van der Waals surface area contributed by atoms with Gasteiger partial charge in [-0.05, 0) is 31.9 Å². The van der Waals surface area contributed by atoms with Crippen molar-refractivity contribution in [3.63, 3.8) is 0 Å². The van der Waals surface area contributed by atoms with Crippen LogP contribution in [0.4, 0.5) is 0 Å². The average Bonchev–Trinajstić information content (AvgIpc) is 2.50. The van der Waals surface area contributed by atoms with Gasteiger partial charge in [0.1, 0.15) is 0 Å². The summed E-state index contributed by atoms with van der Waals surface area (Å²) in [6, 6.07) is 10.3. The molecule has 23 heavy (non-hydrogen) atoms. The predicted octanol–water partition coefficient (Wildman–Crippen LogP) is 4.38. The molecule has 0 fully saturated rings. The van der Waals surface area contributed by atoms with Gasteiger partial charge in [-0.15, -0.1) is 0 Å². The third-order valence-corrected chi connectivity index (χ3v) is 4.46. The maximum Gasteiger partial charge on any atom is 0.165 e. The highest BCUT2D eigenvalue weighted by atomic mass is 35.5. The first-order valence-electron chi connectivity index (χ1n) is 7.80. The van der Waals surface area contributed by atoms with Gasteiger partial charge in [0.15, 0.2) is 5.78 Å². The second-order valence-corrected chi connectivity index (χ2v) is 7.35. The van der Waals surface area contributed by atoms with Gasteiger partial charge in [-0.2, -0.15) is 0 Å². The molecule has 2 nitrogen and oxygen atoms in total. The first kappa shape index (κ1) is 18.1. The summed E-state index contributed by atoms with van der Waals surface area (Å²) in [7, 11) is 0. The van der Waals surface area contributed by atoms with E-state index in [1.807, 2.05) is 24.3 Å². The van der Waals surface area contributed by atoms with Crippen molar-refractivity contribution in [3.8, 4) is 0 Å². The minimum absolute atomic E-state index is 0.0595. The second kappa shape index (κ2) is 8.00. The second-order valence-electron chi connectivity index (χ2n) is 6.42. The van der Waals surface area contributed by atoms with E-state index in [0.717, 1.165) is 6.42 Å². The Morgan fingerprint density at radius 2 is 2.00 bits per heavy atom. The maximum atomic E-state index is 12.3. The molecule has 4 heteroatoms. The van der Waals surface area contributed by atoms with E-state index < -0.39 is 0 Å². The lowest BCUT2D eigenvalue weighted by Gasteiger charge is -2.26. The van der Waals surface area contributed by atoms with Crippen LogP contribution in [0.3, 0.4) is 0 Å². The number of thiocarbonyl (C=S) groups is 1. The van der Waals surface area contributed by atoms with E-state index in [4.69, 9.17) is 23.8 Å². The molecule has 1 aromatic carbocycles. The van der Waals surface area contributed by atoms with E-state index in [2.05, 4.69) is 31.3 Å². The lowest BCUT2D eigenvalue weighted by Crippen LogP contribution is -2.42. The van der Waals surface area contributed by atoms with Crippen LogP contribution >= 0.6 is 23.8 Å². The van der Waals surface area contributed by atoms with Crippen molar-refractivity contribution in [3.05, 3.63) is 58.7 Å². The van der Waals surface area contributed by atoms with Gasteiger partial charge in [-0.3, -0.25) is 4.79 Å². The SMILES string of the molecule is CC(C)(Cc1ccccc1)NCCC(=O)C1=CC(Cl)=CCC1=S. The maximum absolute atomic E-state index is 12.3. The number of hydrogen-bond acceptors (Lipinski definition) is 3. The molecule has 0 bridgehead atoms. The van der Waals surface area contributed by atoms with Gasteiger partial charge < -0.3 is 5.32 Å². The molecule has 0 aromatic heterocycles. The number of ketones is 1. The first-order valence-corrected chi connectivity index (χ1v) is 8.59. The zero-order valence-electron chi connectivity index (χ0n) is 13.6. The van der Waals surface area contributed by atoms with Crippen molar-refractivity contribution in [1.29, 1.82) is 0 Å². The number of nitrogens with one attached hydrogen (secondary N) is 1. The molecule has 0 saturated carbocycles. The standard InChI is InChI=1S/C19H22ClNOS/c1-19(2,13-14-6-4-3-5-7-14)21-11-10-17(22)16-12-15(20)8-9-18(16)23/h3-8,12,21H,9-11,13H2,1-2H3. The molecule has 1 N–H and O–H groups in total. The molecule has 1 aromatic rings. The Kier molecular flexibility index (Phi) is 6.28. The van der Waals surface area contributed by atoms with E-state index >= 15 is 0 Å². The van der Waals surface area contributed by atoms with Gasteiger partial charge in [-0.1, -0.05) is 60.2 Å². The van der Waals surface area contributed by atoms with Crippen LogP contribution in [0.25, 0.3) is 0 Å². The molecule has 122 valence electrons. The number of Topliss-reactive ketones (excluding diaryl/α,β-unsaturated/α-hetero) is 1. The Hall–Kier alpha value is -1.29. The molecule has 0 spiro atoms. The normalized spacial score (nSPS) is 15.2. The Morgan fingerprint density at radius 1 is 1.30 bits per heavy atom. The van der Waals surface area contributed by atoms with Gasteiger partial charge in [0.05, 0.1) is 0 Å². The molecule has 0 saturated heterocycles. The molecule has 0 unspecified atom stereocenters. The van der Waals surface area contributed by atoms with Crippen LogP contribution in [-0.2, 0) is 11.2 Å². The molecule has 0 atom stereocenters. The summed E-state index contributed by atoms with van der Waals surface area (Å²) in [6.45, 7) is 4.92. The lowest BCUT2D eigenvalue weighted by atomic mass is 9.94. The van der Waals surface area contributed by atoms with E-state index in [9.17, 15) is 4.79 Å². The highest BCUT2D eigenvalue weighted by Crippen LogP contribution is 2.20. The monoisotopic (exact) mass is 347 g/mol. The minimum Gasteiger partial charge on any atom is -0.311 e. The van der Waals surface area contributed by atoms with E-state index in [1.54, 1.807) is 6.08 Å². The zero-order chi connectivity index (χ0) is 16.9.